The summed E-state index contributed by atoms with van der Waals surface area (Å²) in [5, 5.41) is 3.14. The zero-order valence-corrected chi connectivity index (χ0v) is 16.0. The number of aryl methyl sites for hydroxylation is 2. The number of hydrogen-bond donors (Lipinski definition) is 1. The molecule has 0 aromatic heterocycles. The lowest BCUT2D eigenvalue weighted by molar-refractivity contribution is 0.119. The van der Waals surface area contributed by atoms with Crippen molar-refractivity contribution in [2.75, 3.05) is 31.5 Å². The van der Waals surface area contributed by atoms with Gasteiger partial charge in [-0.25, -0.2) is 4.79 Å². The molecule has 2 amide bonds. The smallest absolute Gasteiger partial charge is 0.321 e. The summed E-state index contributed by atoms with van der Waals surface area (Å²) in [5.41, 5.74) is 4.61. The second kappa shape index (κ2) is 8.37. The quantitative estimate of drug-likeness (QED) is 0.882. The average molecular weight is 351 g/mol. The number of amides is 2. The van der Waals surface area contributed by atoms with Crippen molar-refractivity contribution in [3.63, 3.8) is 0 Å². The topological polar surface area (TPSA) is 35.6 Å². The summed E-state index contributed by atoms with van der Waals surface area (Å²) >= 11 is 0. The zero-order chi connectivity index (χ0) is 18.5. The molecule has 1 unspecified atom stereocenters. The number of rotatable bonds is 4. The van der Waals surface area contributed by atoms with E-state index in [2.05, 4.69) is 60.5 Å². The lowest BCUT2D eigenvalue weighted by atomic mass is 10.1. The van der Waals surface area contributed by atoms with Gasteiger partial charge in [0.2, 0.25) is 0 Å². The summed E-state index contributed by atoms with van der Waals surface area (Å²) in [6, 6.07) is 17.2. The third-order valence-electron chi connectivity index (χ3n) is 5.40. The van der Waals surface area contributed by atoms with Crippen molar-refractivity contribution >= 4 is 11.7 Å². The van der Waals surface area contributed by atoms with Gasteiger partial charge in [-0.2, -0.15) is 0 Å². The van der Waals surface area contributed by atoms with Crippen LogP contribution in [0.3, 0.4) is 0 Å². The molecule has 1 N–H and O–H groups in total. The molecule has 4 heteroatoms. The second-order valence-electron chi connectivity index (χ2n) is 7.00. The molecular weight excluding hydrogens is 322 g/mol. The highest BCUT2D eigenvalue weighted by molar-refractivity contribution is 5.91. The average Bonchev–Trinajstić information content (AvgIpc) is 2.69. The van der Waals surface area contributed by atoms with E-state index in [4.69, 9.17) is 0 Å². The van der Waals surface area contributed by atoms with Crippen LogP contribution in [0.4, 0.5) is 10.5 Å². The van der Waals surface area contributed by atoms with Gasteiger partial charge in [0.25, 0.3) is 0 Å². The van der Waals surface area contributed by atoms with Crippen LogP contribution >= 0.6 is 0 Å². The first-order chi connectivity index (χ1) is 12.6. The molecule has 0 aliphatic carbocycles. The van der Waals surface area contributed by atoms with Crippen LogP contribution in [0.15, 0.2) is 48.5 Å². The molecule has 0 radical (unpaired) electrons. The maximum absolute atomic E-state index is 12.7. The lowest BCUT2D eigenvalue weighted by Crippen LogP contribution is -2.50. The summed E-state index contributed by atoms with van der Waals surface area (Å²) in [7, 11) is 0. The van der Waals surface area contributed by atoms with Crippen LogP contribution in [0.25, 0.3) is 0 Å². The Morgan fingerprint density at radius 1 is 1.04 bits per heavy atom. The predicted molar refractivity (Wildman–Crippen MR) is 108 cm³/mol. The van der Waals surface area contributed by atoms with Crippen molar-refractivity contribution in [2.45, 2.75) is 33.2 Å². The molecule has 4 nitrogen and oxygen atoms in total. The van der Waals surface area contributed by atoms with Gasteiger partial charge in [-0.3, -0.25) is 4.90 Å². The fourth-order valence-corrected chi connectivity index (χ4v) is 3.64. The Hall–Kier alpha value is -2.33. The molecular formula is C22H29N3O. The van der Waals surface area contributed by atoms with E-state index in [1.54, 1.807) is 0 Å². The molecule has 0 saturated carbocycles. The van der Waals surface area contributed by atoms with Crippen LogP contribution in [-0.2, 0) is 6.42 Å². The number of carbonyl (C=O) groups is 1. The Labute approximate surface area is 156 Å². The van der Waals surface area contributed by atoms with E-state index in [-0.39, 0.29) is 6.03 Å². The van der Waals surface area contributed by atoms with Gasteiger partial charge in [-0.15, -0.1) is 0 Å². The van der Waals surface area contributed by atoms with E-state index >= 15 is 0 Å². The Morgan fingerprint density at radius 2 is 1.73 bits per heavy atom. The summed E-state index contributed by atoms with van der Waals surface area (Å²) in [5.74, 6) is 0. The van der Waals surface area contributed by atoms with Crippen LogP contribution < -0.4 is 5.32 Å². The predicted octanol–water partition coefficient (Wildman–Crippen LogP) is 4.47. The van der Waals surface area contributed by atoms with Gasteiger partial charge < -0.3 is 10.2 Å². The van der Waals surface area contributed by atoms with Gasteiger partial charge in [0, 0.05) is 37.9 Å². The Balaban J connectivity index is 1.59. The first-order valence-electron chi connectivity index (χ1n) is 9.53. The first kappa shape index (κ1) is 18.5. The van der Waals surface area contributed by atoms with Gasteiger partial charge >= 0.3 is 6.03 Å². The minimum Gasteiger partial charge on any atom is -0.322 e. The van der Waals surface area contributed by atoms with Crippen molar-refractivity contribution < 1.29 is 4.79 Å². The molecule has 2 aromatic carbocycles. The molecule has 1 atom stereocenters. The van der Waals surface area contributed by atoms with Crippen LogP contribution in [-0.4, -0.2) is 42.0 Å². The minimum absolute atomic E-state index is 0.0148. The number of nitrogens with zero attached hydrogens (tertiary/aromatic N) is 2. The maximum atomic E-state index is 12.7. The zero-order valence-electron chi connectivity index (χ0n) is 16.0. The van der Waals surface area contributed by atoms with E-state index < -0.39 is 0 Å². The van der Waals surface area contributed by atoms with Gasteiger partial charge in [-0.1, -0.05) is 55.5 Å². The van der Waals surface area contributed by atoms with Gasteiger partial charge in [0.05, 0.1) is 0 Å². The van der Waals surface area contributed by atoms with Crippen LogP contribution in [0, 0.1) is 6.92 Å². The summed E-state index contributed by atoms with van der Waals surface area (Å²) in [6.45, 7) is 9.73. The largest absolute Gasteiger partial charge is 0.322 e. The normalized spacial score (nSPS) is 16.3. The van der Waals surface area contributed by atoms with Crippen LogP contribution in [0.1, 0.15) is 36.6 Å². The number of carbonyl (C=O) groups excluding carboxylic acids is 1. The molecule has 1 fully saturated rings. The molecule has 2 aromatic rings. The van der Waals surface area contributed by atoms with Gasteiger partial charge in [-0.05, 0) is 37.0 Å². The Bertz CT molecular complexity index is 736. The molecule has 1 aliphatic heterocycles. The van der Waals surface area contributed by atoms with Gasteiger partial charge in [0.1, 0.15) is 0 Å². The number of nitrogens with one attached hydrogen (secondary N) is 1. The molecule has 0 spiro atoms. The van der Waals surface area contributed by atoms with E-state index in [1.165, 1.54) is 11.1 Å². The SMILES string of the molecule is CCc1cccc(C)c1NC(=O)N1CCN(C(C)c2ccccc2)CC1. The third-order valence-corrected chi connectivity index (χ3v) is 5.40. The summed E-state index contributed by atoms with van der Waals surface area (Å²) < 4.78 is 0. The number of benzene rings is 2. The van der Waals surface area contributed by atoms with Crippen molar-refractivity contribution in [2.24, 2.45) is 0 Å². The van der Waals surface area contributed by atoms with Crippen molar-refractivity contribution in [1.82, 2.24) is 9.80 Å². The highest BCUT2D eigenvalue weighted by Crippen LogP contribution is 2.23. The molecule has 1 aliphatic rings. The minimum atomic E-state index is 0.0148. The Kier molecular flexibility index (Phi) is 5.94. The fourth-order valence-electron chi connectivity index (χ4n) is 3.64. The molecule has 1 heterocycles. The number of hydrogen-bond acceptors (Lipinski definition) is 2. The molecule has 0 bridgehead atoms. The maximum Gasteiger partial charge on any atom is 0.321 e. The van der Waals surface area contributed by atoms with E-state index in [1.807, 2.05) is 24.0 Å². The van der Waals surface area contributed by atoms with E-state index in [0.717, 1.165) is 43.9 Å². The lowest BCUT2D eigenvalue weighted by Gasteiger charge is -2.38. The first-order valence-corrected chi connectivity index (χ1v) is 9.53. The number of anilines is 1. The van der Waals surface area contributed by atoms with Crippen molar-refractivity contribution in [3.05, 3.63) is 65.2 Å². The molecule has 3 rings (SSSR count). The van der Waals surface area contributed by atoms with Crippen molar-refractivity contribution in [3.8, 4) is 0 Å². The number of para-hydroxylation sites is 1. The highest BCUT2D eigenvalue weighted by atomic mass is 16.2. The fraction of sp³-hybridized carbons (Fsp3) is 0.409. The van der Waals surface area contributed by atoms with Crippen molar-refractivity contribution in [1.29, 1.82) is 0 Å². The standard InChI is InChI=1S/C22H29N3O/c1-4-19-12-8-9-17(2)21(19)23-22(26)25-15-13-24(14-16-25)18(3)20-10-6-5-7-11-20/h5-12,18H,4,13-16H2,1-3H3,(H,23,26). The van der Waals surface area contributed by atoms with Crippen LogP contribution in [0.5, 0.6) is 0 Å². The number of urea groups is 1. The third kappa shape index (κ3) is 4.07. The van der Waals surface area contributed by atoms with Crippen LogP contribution in [0.2, 0.25) is 0 Å². The number of piperazine rings is 1. The monoisotopic (exact) mass is 351 g/mol. The molecule has 138 valence electrons. The summed E-state index contributed by atoms with van der Waals surface area (Å²) in [6.07, 6.45) is 0.916. The highest BCUT2D eigenvalue weighted by Gasteiger charge is 2.25. The Morgan fingerprint density at radius 3 is 2.38 bits per heavy atom. The van der Waals surface area contributed by atoms with E-state index in [9.17, 15) is 4.79 Å². The molecule has 1 saturated heterocycles. The van der Waals surface area contributed by atoms with E-state index in [0.29, 0.717) is 6.04 Å². The molecule has 26 heavy (non-hydrogen) atoms. The summed E-state index contributed by atoms with van der Waals surface area (Å²) in [4.78, 5) is 17.1. The van der Waals surface area contributed by atoms with Gasteiger partial charge in [0.15, 0.2) is 0 Å². The second-order valence-corrected chi connectivity index (χ2v) is 7.00.